The number of benzene rings is 1. The van der Waals surface area contributed by atoms with Gasteiger partial charge in [-0.15, -0.1) is 0 Å². The quantitative estimate of drug-likeness (QED) is 0.885. The summed E-state index contributed by atoms with van der Waals surface area (Å²) >= 11 is 0. The molecule has 1 aromatic rings. The van der Waals surface area contributed by atoms with Crippen molar-refractivity contribution in [2.24, 2.45) is 17.8 Å². The van der Waals surface area contributed by atoms with E-state index in [0.717, 1.165) is 36.1 Å². The van der Waals surface area contributed by atoms with E-state index in [-0.39, 0.29) is 11.8 Å². The average Bonchev–Trinajstić information content (AvgIpc) is 2.97. The molecule has 2 unspecified atom stereocenters. The highest BCUT2D eigenvalue weighted by Gasteiger charge is 2.47. The van der Waals surface area contributed by atoms with Crippen molar-refractivity contribution in [2.75, 3.05) is 11.9 Å². The van der Waals surface area contributed by atoms with E-state index in [2.05, 4.69) is 5.32 Å². The number of fused-ring (bicyclic) bond motifs is 1. The smallest absolute Gasteiger partial charge is 0.227 e. The normalized spacial score (nSPS) is 28.6. The Morgan fingerprint density at radius 3 is 2.83 bits per heavy atom. The first-order chi connectivity index (χ1) is 8.76. The molecular formula is C15H19NO2. The highest BCUT2D eigenvalue weighted by atomic mass is 16.5. The highest BCUT2D eigenvalue weighted by Crippen LogP contribution is 2.54. The van der Waals surface area contributed by atoms with Crippen LogP contribution in [0.1, 0.15) is 26.2 Å². The second kappa shape index (κ2) is 4.63. The lowest BCUT2D eigenvalue weighted by Crippen LogP contribution is -2.21. The van der Waals surface area contributed by atoms with Gasteiger partial charge in [0.15, 0.2) is 0 Å². The van der Waals surface area contributed by atoms with E-state index in [1.54, 1.807) is 0 Å². The fourth-order valence-corrected chi connectivity index (χ4v) is 3.00. The zero-order valence-corrected chi connectivity index (χ0v) is 10.7. The monoisotopic (exact) mass is 245 g/mol. The van der Waals surface area contributed by atoms with E-state index >= 15 is 0 Å². The maximum absolute atomic E-state index is 12.1. The molecule has 2 aliphatic rings. The zero-order valence-electron chi connectivity index (χ0n) is 10.7. The Morgan fingerprint density at radius 1 is 1.33 bits per heavy atom. The number of anilines is 1. The van der Waals surface area contributed by atoms with Crippen LogP contribution in [0.3, 0.4) is 0 Å². The highest BCUT2D eigenvalue weighted by molar-refractivity contribution is 5.93. The first-order valence-electron chi connectivity index (χ1n) is 6.80. The molecule has 0 aromatic heterocycles. The largest absolute Gasteiger partial charge is 0.494 e. The number of rotatable bonds is 4. The van der Waals surface area contributed by atoms with Gasteiger partial charge in [0.05, 0.1) is 6.61 Å². The molecule has 0 heterocycles. The molecule has 18 heavy (non-hydrogen) atoms. The summed E-state index contributed by atoms with van der Waals surface area (Å²) in [5.41, 5.74) is 0.839. The number of hydrogen-bond acceptors (Lipinski definition) is 2. The van der Waals surface area contributed by atoms with Crippen LogP contribution in [0.4, 0.5) is 5.69 Å². The van der Waals surface area contributed by atoms with Gasteiger partial charge in [-0.1, -0.05) is 6.07 Å². The Kier molecular flexibility index (Phi) is 2.98. The third-order valence-electron chi connectivity index (χ3n) is 4.03. The third kappa shape index (κ3) is 2.35. The molecule has 0 bridgehead atoms. The van der Waals surface area contributed by atoms with Crippen LogP contribution < -0.4 is 10.1 Å². The van der Waals surface area contributed by atoms with E-state index < -0.39 is 0 Å². The summed E-state index contributed by atoms with van der Waals surface area (Å²) in [6, 6.07) is 7.61. The first kappa shape index (κ1) is 11.6. The third-order valence-corrected chi connectivity index (χ3v) is 4.03. The van der Waals surface area contributed by atoms with Crippen LogP contribution in [0.25, 0.3) is 0 Å². The van der Waals surface area contributed by atoms with E-state index in [9.17, 15) is 4.79 Å². The maximum atomic E-state index is 12.1. The summed E-state index contributed by atoms with van der Waals surface area (Å²) in [5, 5.41) is 3.00. The second-order valence-corrected chi connectivity index (χ2v) is 5.37. The Bertz CT molecular complexity index is 448. The van der Waals surface area contributed by atoms with Gasteiger partial charge >= 0.3 is 0 Å². The van der Waals surface area contributed by atoms with Crippen LogP contribution in [0.5, 0.6) is 5.75 Å². The molecule has 0 saturated heterocycles. The van der Waals surface area contributed by atoms with E-state index in [0.29, 0.717) is 6.61 Å². The van der Waals surface area contributed by atoms with Gasteiger partial charge in [0.25, 0.3) is 0 Å². The zero-order chi connectivity index (χ0) is 12.5. The summed E-state index contributed by atoms with van der Waals surface area (Å²) in [7, 11) is 0. The van der Waals surface area contributed by atoms with E-state index in [1.807, 2.05) is 31.2 Å². The molecule has 0 spiro atoms. The molecular weight excluding hydrogens is 226 g/mol. The second-order valence-electron chi connectivity index (χ2n) is 5.37. The molecule has 2 atom stereocenters. The van der Waals surface area contributed by atoms with Crippen LogP contribution >= 0.6 is 0 Å². The van der Waals surface area contributed by atoms with Crippen molar-refractivity contribution >= 4 is 11.6 Å². The minimum Gasteiger partial charge on any atom is -0.494 e. The van der Waals surface area contributed by atoms with Crippen LogP contribution in [-0.4, -0.2) is 12.5 Å². The molecule has 3 rings (SSSR count). The molecule has 0 radical (unpaired) electrons. The number of hydrogen-bond donors (Lipinski definition) is 1. The molecule has 2 saturated carbocycles. The van der Waals surface area contributed by atoms with Crippen molar-refractivity contribution in [2.45, 2.75) is 26.2 Å². The predicted molar refractivity (Wildman–Crippen MR) is 70.6 cm³/mol. The Balaban J connectivity index is 1.61. The Morgan fingerprint density at radius 2 is 2.11 bits per heavy atom. The SMILES string of the molecule is CCOc1cccc(NC(=O)C2CC3CC3C2)c1. The van der Waals surface area contributed by atoms with Gasteiger partial charge in [-0.05, 0) is 50.2 Å². The minimum atomic E-state index is 0.177. The lowest BCUT2D eigenvalue weighted by atomic mass is 10.0. The Labute approximate surface area is 108 Å². The van der Waals surface area contributed by atoms with Crippen LogP contribution in [0, 0.1) is 17.8 Å². The molecule has 1 N–H and O–H groups in total. The number of amides is 1. The number of carbonyl (C=O) groups is 1. The standard InChI is InChI=1S/C15H19NO2/c1-2-18-14-5-3-4-13(9-14)16-15(17)12-7-10-6-11(10)8-12/h3-5,9-12H,2,6-8H2,1H3,(H,16,17). The summed E-state index contributed by atoms with van der Waals surface area (Å²) in [5.74, 6) is 2.90. The fourth-order valence-electron chi connectivity index (χ4n) is 3.00. The number of carbonyl (C=O) groups excluding carboxylic acids is 1. The van der Waals surface area contributed by atoms with Gasteiger partial charge in [-0.25, -0.2) is 0 Å². The van der Waals surface area contributed by atoms with Crippen molar-refractivity contribution in [3.63, 3.8) is 0 Å². The van der Waals surface area contributed by atoms with Gasteiger partial charge in [-0.3, -0.25) is 4.79 Å². The minimum absolute atomic E-state index is 0.177. The molecule has 3 heteroatoms. The van der Waals surface area contributed by atoms with Gasteiger partial charge in [0.1, 0.15) is 5.75 Å². The molecule has 1 aromatic carbocycles. The average molecular weight is 245 g/mol. The summed E-state index contributed by atoms with van der Waals surface area (Å²) in [6.45, 7) is 2.60. The lowest BCUT2D eigenvalue weighted by molar-refractivity contribution is -0.120. The number of nitrogens with one attached hydrogen (secondary N) is 1. The van der Waals surface area contributed by atoms with Crippen molar-refractivity contribution in [3.05, 3.63) is 24.3 Å². The number of ether oxygens (including phenoxy) is 1. The van der Waals surface area contributed by atoms with Crippen molar-refractivity contribution in [3.8, 4) is 5.75 Å². The van der Waals surface area contributed by atoms with Crippen molar-refractivity contribution < 1.29 is 9.53 Å². The first-order valence-corrected chi connectivity index (χ1v) is 6.80. The molecule has 0 aliphatic heterocycles. The predicted octanol–water partition coefficient (Wildman–Crippen LogP) is 3.07. The van der Waals surface area contributed by atoms with Gasteiger partial charge in [-0.2, -0.15) is 0 Å². The van der Waals surface area contributed by atoms with Crippen LogP contribution in [0.2, 0.25) is 0 Å². The molecule has 1 amide bonds. The van der Waals surface area contributed by atoms with E-state index in [4.69, 9.17) is 4.74 Å². The molecule has 3 nitrogen and oxygen atoms in total. The topological polar surface area (TPSA) is 38.3 Å². The van der Waals surface area contributed by atoms with Gasteiger partial charge in [0, 0.05) is 17.7 Å². The summed E-state index contributed by atoms with van der Waals surface area (Å²) in [6.07, 6.45) is 3.52. The van der Waals surface area contributed by atoms with Crippen molar-refractivity contribution in [1.29, 1.82) is 0 Å². The van der Waals surface area contributed by atoms with Crippen LogP contribution in [0.15, 0.2) is 24.3 Å². The summed E-state index contributed by atoms with van der Waals surface area (Å²) in [4.78, 5) is 12.1. The van der Waals surface area contributed by atoms with Gasteiger partial charge < -0.3 is 10.1 Å². The molecule has 2 fully saturated rings. The summed E-state index contributed by atoms with van der Waals surface area (Å²) < 4.78 is 5.43. The van der Waals surface area contributed by atoms with Crippen LogP contribution in [-0.2, 0) is 4.79 Å². The van der Waals surface area contributed by atoms with E-state index in [1.165, 1.54) is 6.42 Å². The lowest BCUT2D eigenvalue weighted by Gasteiger charge is -2.13. The fraction of sp³-hybridized carbons (Fsp3) is 0.533. The Hall–Kier alpha value is -1.51. The molecule has 2 aliphatic carbocycles. The maximum Gasteiger partial charge on any atom is 0.227 e. The molecule has 96 valence electrons. The van der Waals surface area contributed by atoms with Crippen molar-refractivity contribution in [1.82, 2.24) is 0 Å². The van der Waals surface area contributed by atoms with Gasteiger partial charge in [0.2, 0.25) is 5.91 Å².